The minimum atomic E-state index is -3.85. The first-order valence-corrected chi connectivity index (χ1v) is 11.8. The largest absolute Gasteiger partial charge is 0.286 e. The summed E-state index contributed by atoms with van der Waals surface area (Å²) in [6, 6.07) is 11.4. The molecule has 156 valence electrons. The Hall–Kier alpha value is -1.91. The number of aromatic nitrogens is 2. The number of hydrogen-bond acceptors (Lipinski definition) is 4. The van der Waals surface area contributed by atoms with Crippen molar-refractivity contribution in [1.29, 1.82) is 0 Å². The molecule has 0 saturated heterocycles. The van der Waals surface area contributed by atoms with Gasteiger partial charge in [-0.2, -0.15) is 0 Å². The molecule has 1 atom stereocenters. The van der Waals surface area contributed by atoms with E-state index in [0.717, 1.165) is 10.0 Å². The monoisotopic (exact) mass is 528 g/mol. The zero-order valence-electron chi connectivity index (χ0n) is 15.5. The molecule has 0 aliphatic carbocycles. The van der Waals surface area contributed by atoms with E-state index in [1.54, 1.807) is 18.2 Å². The predicted octanol–water partition coefficient (Wildman–Crippen LogP) is 4.32. The van der Waals surface area contributed by atoms with E-state index in [4.69, 9.17) is 23.2 Å². The van der Waals surface area contributed by atoms with Crippen molar-refractivity contribution in [1.82, 2.24) is 14.3 Å². The molecule has 4 rings (SSSR count). The average Bonchev–Trinajstić information content (AvgIpc) is 3.22. The zero-order chi connectivity index (χ0) is 21.6. The van der Waals surface area contributed by atoms with Gasteiger partial charge in [-0.05, 0) is 42.9 Å². The first-order valence-electron chi connectivity index (χ1n) is 8.76. The number of sulfonamides is 1. The summed E-state index contributed by atoms with van der Waals surface area (Å²) in [6.07, 6.45) is 1.52. The SMILES string of the molecule is CNS(=O)(=O)c1cnc2n1C(Cc1ccc(Br)cc1)C(=O)N2c1cc(Cl)cc(Cl)c1. The summed E-state index contributed by atoms with van der Waals surface area (Å²) in [5.74, 6) is -0.138. The number of anilines is 2. The number of amides is 1. The summed E-state index contributed by atoms with van der Waals surface area (Å²) < 4.78 is 29.8. The van der Waals surface area contributed by atoms with Crippen LogP contribution in [0.1, 0.15) is 11.6 Å². The van der Waals surface area contributed by atoms with Crippen LogP contribution in [0.2, 0.25) is 10.0 Å². The van der Waals surface area contributed by atoms with Crippen molar-refractivity contribution in [2.45, 2.75) is 17.5 Å². The van der Waals surface area contributed by atoms with Gasteiger partial charge in [0.25, 0.3) is 15.9 Å². The normalized spacial score (nSPS) is 16.2. The van der Waals surface area contributed by atoms with Crippen molar-refractivity contribution in [2.24, 2.45) is 0 Å². The lowest BCUT2D eigenvalue weighted by atomic mass is 10.1. The van der Waals surface area contributed by atoms with E-state index < -0.39 is 16.1 Å². The topological polar surface area (TPSA) is 84.3 Å². The van der Waals surface area contributed by atoms with Crippen LogP contribution in [0.3, 0.4) is 0 Å². The van der Waals surface area contributed by atoms with E-state index in [-0.39, 0.29) is 23.3 Å². The van der Waals surface area contributed by atoms with E-state index in [1.807, 2.05) is 24.3 Å². The highest BCUT2D eigenvalue weighted by Gasteiger charge is 2.43. The maximum atomic E-state index is 13.4. The smallest absolute Gasteiger partial charge is 0.257 e. The molecule has 2 aromatic carbocycles. The van der Waals surface area contributed by atoms with Gasteiger partial charge in [0.1, 0.15) is 6.04 Å². The van der Waals surface area contributed by atoms with Gasteiger partial charge in [-0.25, -0.2) is 23.0 Å². The molecule has 1 aliphatic rings. The third-order valence-electron chi connectivity index (χ3n) is 4.75. The van der Waals surface area contributed by atoms with Gasteiger partial charge >= 0.3 is 0 Å². The first-order chi connectivity index (χ1) is 14.2. The molecule has 0 fully saturated rings. The van der Waals surface area contributed by atoms with Crippen molar-refractivity contribution >= 4 is 66.7 Å². The molecule has 11 heteroatoms. The van der Waals surface area contributed by atoms with Crippen LogP contribution in [-0.4, -0.2) is 30.9 Å². The Kier molecular flexibility index (Phi) is 5.67. The Morgan fingerprint density at radius 3 is 2.37 bits per heavy atom. The number of halogens is 3. The number of nitrogens with one attached hydrogen (secondary N) is 1. The van der Waals surface area contributed by atoms with Crippen LogP contribution >= 0.6 is 39.1 Å². The molecule has 1 aromatic heterocycles. The van der Waals surface area contributed by atoms with Gasteiger partial charge in [-0.3, -0.25) is 9.36 Å². The van der Waals surface area contributed by atoms with Crippen molar-refractivity contribution in [3.8, 4) is 0 Å². The van der Waals surface area contributed by atoms with Crippen molar-refractivity contribution in [2.75, 3.05) is 11.9 Å². The third kappa shape index (κ3) is 3.76. The highest BCUT2D eigenvalue weighted by Crippen LogP contribution is 2.41. The average molecular weight is 530 g/mol. The standard InChI is InChI=1S/C19H15BrCl2N4O3S/c1-23-30(28,29)17-10-24-19-25(15-8-13(21)7-14(22)9-15)18(27)16(26(17)19)6-11-2-4-12(20)5-3-11/h2-5,7-10,16,23H,6H2,1H3. The predicted molar refractivity (Wildman–Crippen MR) is 119 cm³/mol. The fraction of sp³-hybridized carbons (Fsp3) is 0.158. The molecule has 3 aromatic rings. The van der Waals surface area contributed by atoms with Crippen LogP contribution in [0.15, 0.2) is 58.2 Å². The van der Waals surface area contributed by atoms with E-state index in [1.165, 1.54) is 22.7 Å². The molecular formula is C19H15BrCl2N4O3S. The number of rotatable bonds is 5. The molecule has 1 unspecified atom stereocenters. The number of carbonyl (C=O) groups is 1. The summed E-state index contributed by atoms with van der Waals surface area (Å²) in [5.41, 5.74) is 1.28. The molecule has 30 heavy (non-hydrogen) atoms. The fourth-order valence-electron chi connectivity index (χ4n) is 3.39. The van der Waals surface area contributed by atoms with Crippen LogP contribution in [0.25, 0.3) is 0 Å². The van der Waals surface area contributed by atoms with E-state index in [2.05, 4.69) is 25.6 Å². The lowest BCUT2D eigenvalue weighted by Gasteiger charge is -2.17. The van der Waals surface area contributed by atoms with Gasteiger partial charge in [0, 0.05) is 20.9 Å². The summed E-state index contributed by atoms with van der Waals surface area (Å²) in [4.78, 5) is 19.0. The quantitative estimate of drug-likeness (QED) is 0.533. The molecule has 7 nitrogen and oxygen atoms in total. The number of benzene rings is 2. The van der Waals surface area contributed by atoms with Crippen molar-refractivity contribution < 1.29 is 13.2 Å². The van der Waals surface area contributed by atoms with Gasteiger partial charge in [-0.15, -0.1) is 0 Å². The maximum Gasteiger partial charge on any atom is 0.257 e. The van der Waals surface area contributed by atoms with E-state index in [9.17, 15) is 13.2 Å². The molecule has 0 spiro atoms. The second-order valence-electron chi connectivity index (χ2n) is 6.62. The van der Waals surface area contributed by atoms with Gasteiger partial charge < -0.3 is 0 Å². The number of carbonyl (C=O) groups excluding carboxylic acids is 1. The Morgan fingerprint density at radius 1 is 1.13 bits per heavy atom. The Morgan fingerprint density at radius 2 is 1.77 bits per heavy atom. The lowest BCUT2D eigenvalue weighted by molar-refractivity contribution is -0.119. The minimum Gasteiger partial charge on any atom is -0.286 e. The molecule has 0 radical (unpaired) electrons. The number of nitrogens with zero attached hydrogens (tertiary/aromatic N) is 3. The lowest BCUT2D eigenvalue weighted by Crippen LogP contribution is -2.28. The molecule has 1 aliphatic heterocycles. The van der Waals surface area contributed by atoms with Crippen LogP contribution in [0.5, 0.6) is 0 Å². The van der Waals surface area contributed by atoms with E-state index in [0.29, 0.717) is 15.7 Å². The zero-order valence-corrected chi connectivity index (χ0v) is 19.4. The minimum absolute atomic E-state index is 0.0916. The van der Waals surface area contributed by atoms with Gasteiger partial charge in [-0.1, -0.05) is 51.3 Å². The molecule has 1 N–H and O–H groups in total. The summed E-state index contributed by atoms with van der Waals surface area (Å²) in [6.45, 7) is 0. The highest BCUT2D eigenvalue weighted by molar-refractivity contribution is 9.10. The third-order valence-corrected chi connectivity index (χ3v) is 7.11. The summed E-state index contributed by atoms with van der Waals surface area (Å²) in [5, 5.41) is 0.608. The van der Waals surface area contributed by atoms with E-state index >= 15 is 0 Å². The second kappa shape index (κ2) is 7.97. The maximum absolute atomic E-state index is 13.4. The Labute approximate surface area is 191 Å². The number of hydrogen-bond donors (Lipinski definition) is 1. The number of imidazole rings is 1. The molecule has 0 saturated carbocycles. The van der Waals surface area contributed by atoms with Crippen molar-refractivity contribution in [3.05, 3.63) is 68.7 Å². The number of fused-ring (bicyclic) bond motifs is 1. The fourth-order valence-corrected chi connectivity index (χ4v) is 5.04. The Bertz CT molecular complexity index is 1220. The molecular weight excluding hydrogens is 515 g/mol. The summed E-state index contributed by atoms with van der Waals surface area (Å²) >= 11 is 15.6. The summed E-state index contributed by atoms with van der Waals surface area (Å²) in [7, 11) is -2.54. The van der Waals surface area contributed by atoms with Crippen LogP contribution in [0, 0.1) is 0 Å². The highest BCUT2D eigenvalue weighted by atomic mass is 79.9. The Balaban J connectivity index is 1.87. The van der Waals surface area contributed by atoms with Gasteiger partial charge in [0.15, 0.2) is 5.03 Å². The van der Waals surface area contributed by atoms with Gasteiger partial charge in [0.2, 0.25) is 5.95 Å². The molecule has 1 amide bonds. The first kappa shape index (κ1) is 21.3. The van der Waals surface area contributed by atoms with Crippen LogP contribution < -0.4 is 9.62 Å². The molecule has 0 bridgehead atoms. The second-order valence-corrected chi connectivity index (χ2v) is 10.2. The molecule has 2 heterocycles. The van der Waals surface area contributed by atoms with Crippen molar-refractivity contribution in [3.63, 3.8) is 0 Å². The van der Waals surface area contributed by atoms with Crippen LogP contribution in [0.4, 0.5) is 11.6 Å². The van der Waals surface area contributed by atoms with Gasteiger partial charge in [0.05, 0.1) is 11.9 Å². The van der Waals surface area contributed by atoms with Crippen LogP contribution in [-0.2, 0) is 21.2 Å².